The quantitative estimate of drug-likeness (QED) is 0.782. The maximum absolute atomic E-state index is 12.3. The maximum Gasteiger partial charge on any atom is 0.251 e. The summed E-state index contributed by atoms with van der Waals surface area (Å²) in [5, 5.41) is 5.56. The summed E-state index contributed by atoms with van der Waals surface area (Å²) < 4.78 is -1.03. The summed E-state index contributed by atoms with van der Waals surface area (Å²) in [6.45, 7) is 2.04. The Bertz CT molecular complexity index is 811. The van der Waals surface area contributed by atoms with Crippen LogP contribution in [0.3, 0.4) is 0 Å². The van der Waals surface area contributed by atoms with Crippen LogP contribution >= 0.6 is 23.2 Å². The molecule has 0 radical (unpaired) electrons. The van der Waals surface area contributed by atoms with Crippen LogP contribution in [0, 0.1) is 5.41 Å². The number of hydrogen-bond donors (Lipinski definition) is 2. The van der Waals surface area contributed by atoms with Gasteiger partial charge in [0.1, 0.15) is 4.33 Å². The lowest BCUT2D eigenvalue weighted by molar-refractivity contribution is -0.120. The van der Waals surface area contributed by atoms with Crippen molar-refractivity contribution in [1.29, 1.82) is 0 Å². The van der Waals surface area contributed by atoms with Gasteiger partial charge >= 0.3 is 0 Å². The van der Waals surface area contributed by atoms with E-state index < -0.39 is 9.75 Å². The average Bonchev–Trinajstić information content (AvgIpc) is 3.13. The second-order valence-electron chi connectivity index (χ2n) is 6.25. The van der Waals surface area contributed by atoms with E-state index in [0.29, 0.717) is 24.2 Å². The van der Waals surface area contributed by atoms with Crippen molar-refractivity contribution in [3.05, 3.63) is 59.9 Å². The van der Waals surface area contributed by atoms with E-state index in [1.165, 1.54) is 0 Å². The Balaban J connectivity index is 1.63. The first-order chi connectivity index (χ1) is 11.8. The monoisotopic (exact) mass is 377 g/mol. The first-order valence-electron chi connectivity index (χ1n) is 7.79. The van der Waals surface area contributed by atoms with Gasteiger partial charge in [-0.2, -0.15) is 0 Å². The molecule has 25 heavy (non-hydrogen) atoms. The van der Waals surface area contributed by atoms with Crippen LogP contribution in [0.2, 0.25) is 0 Å². The Hall–Kier alpha value is -2.11. The molecular weight excluding hydrogens is 361 g/mol. The molecule has 1 aromatic heterocycles. The van der Waals surface area contributed by atoms with Gasteiger partial charge in [-0.3, -0.25) is 14.6 Å². The summed E-state index contributed by atoms with van der Waals surface area (Å²) in [6.07, 6.45) is 2.07. The van der Waals surface area contributed by atoms with Crippen LogP contribution in [0.4, 0.5) is 5.69 Å². The van der Waals surface area contributed by atoms with Crippen molar-refractivity contribution >= 4 is 40.7 Å². The van der Waals surface area contributed by atoms with Gasteiger partial charge in [-0.1, -0.05) is 12.1 Å². The zero-order valence-corrected chi connectivity index (χ0v) is 15.1. The lowest BCUT2D eigenvalue weighted by Crippen LogP contribution is -2.26. The highest BCUT2D eigenvalue weighted by Gasteiger charge is 2.67. The van der Waals surface area contributed by atoms with Crippen molar-refractivity contribution in [3.63, 3.8) is 0 Å². The van der Waals surface area contributed by atoms with Crippen molar-refractivity contribution in [1.82, 2.24) is 10.3 Å². The predicted octanol–water partition coefficient (Wildman–Crippen LogP) is 3.53. The fourth-order valence-electron chi connectivity index (χ4n) is 2.43. The number of anilines is 1. The topological polar surface area (TPSA) is 71.1 Å². The number of hydrogen-bond acceptors (Lipinski definition) is 3. The number of rotatable bonds is 5. The van der Waals surface area contributed by atoms with Crippen LogP contribution in [0.25, 0.3) is 0 Å². The fraction of sp³-hybridized carbons (Fsp3) is 0.278. The standard InChI is InChI=1S/C18H17Cl2N3O2/c1-17(11-18(17,19)20)16(25)23-13-7-4-5-12(9-13)15(24)22-10-14-6-2-3-8-21-14/h2-9H,10-11H2,1H3,(H,22,24)(H,23,25)/t17-/m0/s1. The van der Waals surface area contributed by atoms with Gasteiger partial charge in [0.05, 0.1) is 17.7 Å². The molecule has 1 aromatic carbocycles. The molecule has 1 aliphatic carbocycles. The minimum atomic E-state index is -1.03. The van der Waals surface area contributed by atoms with Crippen molar-refractivity contribution in [2.24, 2.45) is 5.41 Å². The Morgan fingerprint density at radius 1 is 1.20 bits per heavy atom. The smallest absolute Gasteiger partial charge is 0.251 e. The Kier molecular flexibility index (Phi) is 4.71. The van der Waals surface area contributed by atoms with Gasteiger partial charge in [-0.25, -0.2) is 0 Å². The SMILES string of the molecule is C[C@@]1(C(=O)Nc2cccc(C(=O)NCc3ccccn3)c2)CC1(Cl)Cl. The van der Waals surface area contributed by atoms with Gasteiger partial charge in [-0.15, -0.1) is 23.2 Å². The molecule has 5 nitrogen and oxygen atoms in total. The third kappa shape index (κ3) is 3.78. The van der Waals surface area contributed by atoms with E-state index in [9.17, 15) is 9.59 Å². The van der Waals surface area contributed by atoms with Gasteiger partial charge in [0.25, 0.3) is 5.91 Å². The second kappa shape index (κ2) is 6.65. The third-order valence-corrected chi connectivity index (χ3v) is 5.40. The molecule has 2 amide bonds. The number of carbonyl (C=O) groups is 2. The zero-order valence-electron chi connectivity index (χ0n) is 13.6. The molecule has 0 unspecified atom stereocenters. The molecule has 2 N–H and O–H groups in total. The predicted molar refractivity (Wildman–Crippen MR) is 97.6 cm³/mol. The molecule has 3 rings (SSSR count). The zero-order chi connectivity index (χ0) is 18.1. The Labute approximate surface area is 155 Å². The lowest BCUT2D eigenvalue weighted by Gasteiger charge is -2.13. The fourth-order valence-corrected chi connectivity index (χ4v) is 3.14. The molecular formula is C18H17Cl2N3O2. The molecule has 7 heteroatoms. The van der Waals surface area contributed by atoms with E-state index in [0.717, 1.165) is 5.69 Å². The summed E-state index contributed by atoms with van der Waals surface area (Å²) in [5.41, 5.74) is 0.917. The first kappa shape index (κ1) is 17.7. The number of pyridine rings is 1. The van der Waals surface area contributed by atoms with E-state index in [4.69, 9.17) is 23.2 Å². The number of nitrogens with one attached hydrogen (secondary N) is 2. The van der Waals surface area contributed by atoms with Crippen molar-refractivity contribution in [2.45, 2.75) is 24.2 Å². The van der Waals surface area contributed by atoms with Gasteiger partial charge in [-0.05, 0) is 43.7 Å². The molecule has 130 valence electrons. The van der Waals surface area contributed by atoms with E-state index in [-0.39, 0.29) is 11.8 Å². The number of halogens is 2. The molecule has 1 saturated carbocycles. The van der Waals surface area contributed by atoms with E-state index >= 15 is 0 Å². The largest absolute Gasteiger partial charge is 0.346 e. The van der Waals surface area contributed by atoms with Crippen LogP contribution in [-0.2, 0) is 11.3 Å². The summed E-state index contributed by atoms with van der Waals surface area (Å²) in [4.78, 5) is 28.7. The van der Waals surface area contributed by atoms with Crippen LogP contribution in [0.1, 0.15) is 29.4 Å². The number of carbonyl (C=O) groups excluding carboxylic acids is 2. The Morgan fingerprint density at radius 3 is 2.60 bits per heavy atom. The highest BCUT2D eigenvalue weighted by Crippen LogP contribution is 2.64. The number of amides is 2. The summed E-state index contributed by atoms with van der Waals surface area (Å²) in [6, 6.07) is 12.2. The average molecular weight is 378 g/mol. The molecule has 2 aromatic rings. The summed E-state index contributed by atoms with van der Waals surface area (Å²) in [7, 11) is 0. The van der Waals surface area contributed by atoms with Crippen molar-refractivity contribution in [3.8, 4) is 0 Å². The van der Waals surface area contributed by atoms with Gasteiger partial charge in [0.2, 0.25) is 5.91 Å². The van der Waals surface area contributed by atoms with Gasteiger partial charge < -0.3 is 10.6 Å². The van der Waals surface area contributed by atoms with E-state index in [2.05, 4.69) is 15.6 Å². The minimum Gasteiger partial charge on any atom is -0.346 e. The second-order valence-corrected chi connectivity index (χ2v) is 7.74. The van der Waals surface area contributed by atoms with Gasteiger partial charge in [0.15, 0.2) is 0 Å². The maximum atomic E-state index is 12.3. The highest BCUT2D eigenvalue weighted by atomic mass is 35.5. The molecule has 0 bridgehead atoms. The van der Waals surface area contributed by atoms with Crippen molar-refractivity contribution in [2.75, 3.05) is 5.32 Å². The molecule has 1 aliphatic rings. The van der Waals surface area contributed by atoms with Crippen molar-refractivity contribution < 1.29 is 9.59 Å². The Morgan fingerprint density at radius 2 is 1.96 bits per heavy atom. The summed E-state index contributed by atoms with van der Waals surface area (Å²) in [5.74, 6) is -0.507. The molecule has 0 aliphatic heterocycles. The number of benzene rings is 1. The minimum absolute atomic E-state index is 0.247. The highest BCUT2D eigenvalue weighted by molar-refractivity contribution is 6.53. The number of alkyl halides is 2. The normalized spacial score (nSPS) is 20.6. The number of aromatic nitrogens is 1. The molecule has 0 spiro atoms. The lowest BCUT2D eigenvalue weighted by atomic mass is 10.1. The molecule has 1 fully saturated rings. The number of nitrogens with zero attached hydrogens (tertiary/aromatic N) is 1. The van der Waals surface area contributed by atoms with Crippen LogP contribution in [-0.4, -0.2) is 21.1 Å². The molecule has 1 atom stereocenters. The third-order valence-electron chi connectivity index (χ3n) is 4.30. The van der Waals surface area contributed by atoms with E-state index in [1.54, 1.807) is 37.4 Å². The summed E-state index contributed by atoms with van der Waals surface area (Å²) >= 11 is 12.1. The molecule has 0 saturated heterocycles. The van der Waals surface area contributed by atoms with E-state index in [1.807, 2.05) is 18.2 Å². The first-order valence-corrected chi connectivity index (χ1v) is 8.55. The molecule has 1 heterocycles. The van der Waals surface area contributed by atoms with Crippen LogP contribution in [0.15, 0.2) is 48.7 Å². The van der Waals surface area contributed by atoms with Gasteiger partial charge in [0, 0.05) is 17.4 Å². The van der Waals surface area contributed by atoms with Crippen LogP contribution < -0.4 is 10.6 Å². The van der Waals surface area contributed by atoms with Crippen LogP contribution in [0.5, 0.6) is 0 Å².